The van der Waals surface area contributed by atoms with E-state index < -0.39 is 0 Å². The quantitative estimate of drug-likeness (QED) is 0.688. The number of aromatic amines is 1. The third-order valence-corrected chi connectivity index (χ3v) is 2.87. The lowest BCUT2D eigenvalue weighted by molar-refractivity contribution is 0.793. The fourth-order valence-corrected chi connectivity index (χ4v) is 2.05. The number of H-pyrrole nitrogens is 1. The van der Waals surface area contributed by atoms with Gasteiger partial charge in [-0.1, -0.05) is 0 Å². The van der Waals surface area contributed by atoms with Gasteiger partial charge in [-0.25, -0.2) is 0 Å². The largest absolute Gasteiger partial charge is 0.381 e. The van der Waals surface area contributed by atoms with E-state index in [2.05, 4.69) is 39.0 Å². The Labute approximate surface area is 88.1 Å². The highest BCUT2D eigenvalue weighted by molar-refractivity contribution is 5.81. The minimum atomic E-state index is 0.564. The number of hydrogen-bond donors (Lipinski definition) is 3. The summed E-state index contributed by atoms with van der Waals surface area (Å²) in [4.78, 5) is 0. The van der Waals surface area contributed by atoms with Crippen molar-refractivity contribution < 1.29 is 0 Å². The molecule has 1 aliphatic rings. The molecule has 0 radical (unpaired) electrons. The first kappa shape index (κ1) is 8.73. The molecule has 1 atom stereocenters. The molecule has 1 saturated heterocycles. The number of benzene rings is 1. The van der Waals surface area contributed by atoms with E-state index in [9.17, 15) is 0 Å². The molecule has 1 aromatic carbocycles. The Bertz CT molecular complexity index is 456. The maximum atomic E-state index is 4.01. The lowest BCUT2D eigenvalue weighted by Gasteiger charge is -2.12. The van der Waals surface area contributed by atoms with Crippen molar-refractivity contribution in [2.75, 3.05) is 18.4 Å². The lowest BCUT2D eigenvalue weighted by atomic mass is 10.2. The van der Waals surface area contributed by atoms with Gasteiger partial charge in [-0.15, -0.1) is 0 Å². The number of nitrogens with zero attached hydrogens (tertiary/aromatic N) is 1. The van der Waals surface area contributed by atoms with E-state index in [1.807, 2.05) is 6.20 Å². The van der Waals surface area contributed by atoms with Gasteiger partial charge in [-0.05, 0) is 31.2 Å². The van der Waals surface area contributed by atoms with Gasteiger partial charge in [0, 0.05) is 23.7 Å². The summed E-state index contributed by atoms with van der Waals surface area (Å²) in [6.07, 6.45) is 3.05. The van der Waals surface area contributed by atoms with Crippen molar-refractivity contribution in [2.45, 2.75) is 12.5 Å². The second kappa shape index (κ2) is 3.55. The first-order valence-corrected chi connectivity index (χ1v) is 5.32. The predicted octanol–water partition coefficient (Wildman–Crippen LogP) is 1.34. The van der Waals surface area contributed by atoms with E-state index in [0.29, 0.717) is 6.04 Å². The van der Waals surface area contributed by atoms with Gasteiger partial charge in [0.1, 0.15) is 0 Å². The van der Waals surface area contributed by atoms with Crippen LogP contribution < -0.4 is 10.6 Å². The van der Waals surface area contributed by atoms with E-state index in [4.69, 9.17) is 0 Å². The zero-order chi connectivity index (χ0) is 10.1. The van der Waals surface area contributed by atoms with Crippen LogP contribution in [-0.4, -0.2) is 29.3 Å². The molecule has 0 bridgehead atoms. The smallest absolute Gasteiger partial charge is 0.0651 e. The Hall–Kier alpha value is -1.55. The van der Waals surface area contributed by atoms with E-state index in [-0.39, 0.29) is 0 Å². The molecule has 1 fully saturated rings. The maximum absolute atomic E-state index is 4.01. The van der Waals surface area contributed by atoms with Crippen LogP contribution in [0.15, 0.2) is 24.4 Å². The molecule has 0 amide bonds. The summed E-state index contributed by atoms with van der Waals surface area (Å²) in [7, 11) is 0. The maximum Gasteiger partial charge on any atom is 0.0651 e. The number of anilines is 1. The molecule has 1 aliphatic heterocycles. The Morgan fingerprint density at radius 3 is 3.27 bits per heavy atom. The zero-order valence-corrected chi connectivity index (χ0v) is 8.46. The average Bonchev–Trinajstić information content (AvgIpc) is 2.87. The van der Waals surface area contributed by atoms with Crippen molar-refractivity contribution in [2.24, 2.45) is 0 Å². The van der Waals surface area contributed by atoms with E-state index in [1.165, 1.54) is 12.1 Å². The molecule has 4 heteroatoms. The summed E-state index contributed by atoms with van der Waals surface area (Å²) >= 11 is 0. The van der Waals surface area contributed by atoms with Gasteiger partial charge in [0.15, 0.2) is 0 Å². The van der Waals surface area contributed by atoms with Gasteiger partial charge in [0.25, 0.3) is 0 Å². The van der Waals surface area contributed by atoms with Crippen LogP contribution in [0.1, 0.15) is 6.42 Å². The molecule has 0 spiro atoms. The number of rotatable bonds is 2. The van der Waals surface area contributed by atoms with Crippen LogP contribution in [0.4, 0.5) is 5.69 Å². The van der Waals surface area contributed by atoms with Crippen molar-refractivity contribution in [3.05, 3.63) is 24.4 Å². The summed E-state index contributed by atoms with van der Waals surface area (Å²) < 4.78 is 0. The Balaban J connectivity index is 1.84. The van der Waals surface area contributed by atoms with E-state index >= 15 is 0 Å². The molecule has 0 unspecified atom stereocenters. The van der Waals surface area contributed by atoms with Crippen LogP contribution in [0.25, 0.3) is 10.9 Å². The Morgan fingerprint density at radius 2 is 2.40 bits per heavy atom. The van der Waals surface area contributed by atoms with Gasteiger partial charge < -0.3 is 10.6 Å². The first-order chi connectivity index (χ1) is 7.42. The Kier molecular flexibility index (Phi) is 2.07. The van der Waals surface area contributed by atoms with Crippen molar-refractivity contribution in [1.82, 2.24) is 15.5 Å². The normalized spacial score (nSPS) is 20.9. The van der Waals surface area contributed by atoms with Crippen LogP contribution in [0.2, 0.25) is 0 Å². The van der Waals surface area contributed by atoms with Gasteiger partial charge in [0.05, 0.1) is 11.7 Å². The van der Waals surface area contributed by atoms with Crippen molar-refractivity contribution >= 4 is 16.6 Å². The zero-order valence-electron chi connectivity index (χ0n) is 8.46. The second-order valence-corrected chi connectivity index (χ2v) is 4.01. The second-order valence-electron chi connectivity index (χ2n) is 4.01. The van der Waals surface area contributed by atoms with E-state index in [1.54, 1.807) is 0 Å². The van der Waals surface area contributed by atoms with Crippen molar-refractivity contribution in [1.29, 1.82) is 0 Å². The average molecular weight is 202 g/mol. The fraction of sp³-hybridized carbons (Fsp3) is 0.364. The van der Waals surface area contributed by atoms with Crippen LogP contribution in [0.5, 0.6) is 0 Å². The predicted molar refractivity (Wildman–Crippen MR) is 61.0 cm³/mol. The SMILES string of the molecule is c1cc2[nH]ncc2cc1N[C@@H]1CCNC1. The standard InChI is InChI=1S/C11H14N4/c1-2-11-8(6-13-15-11)5-9(1)14-10-3-4-12-7-10/h1-2,5-6,10,12,14H,3-4,7H2,(H,13,15)/t10-/m1/s1. The molecular weight excluding hydrogens is 188 g/mol. The molecule has 0 saturated carbocycles. The minimum absolute atomic E-state index is 0.564. The fourth-order valence-electron chi connectivity index (χ4n) is 2.05. The number of nitrogens with one attached hydrogen (secondary N) is 3. The van der Waals surface area contributed by atoms with E-state index in [0.717, 1.165) is 24.0 Å². The van der Waals surface area contributed by atoms with Crippen LogP contribution in [0, 0.1) is 0 Å². The van der Waals surface area contributed by atoms with Crippen molar-refractivity contribution in [3.63, 3.8) is 0 Å². The molecule has 4 nitrogen and oxygen atoms in total. The summed E-state index contributed by atoms with van der Waals surface area (Å²) in [6.45, 7) is 2.18. The highest BCUT2D eigenvalue weighted by Gasteiger charge is 2.13. The monoisotopic (exact) mass is 202 g/mol. The number of fused-ring (bicyclic) bond motifs is 1. The third kappa shape index (κ3) is 1.68. The third-order valence-electron chi connectivity index (χ3n) is 2.87. The highest BCUT2D eigenvalue weighted by atomic mass is 15.1. The topological polar surface area (TPSA) is 52.7 Å². The molecule has 15 heavy (non-hydrogen) atoms. The van der Waals surface area contributed by atoms with Gasteiger partial charge in [-0.2, -0.15) is 5.10 Å². The number of hydrogen-bond acceptors (Lipinski definition) is 3. The van der Waals surface area contributed by atoms with Gasteiger partial charge in [0.2, 0.25) is 0 Å². The van der Waals surface area contributed by atoms with Crippen LogP contribution >= 0.6 is 0 Å². The molecule has 0 aliphatic carbocycles. The molecule has 3 N–H and O–H groups in total. The Morgan fingerprint density at radius 1 is 1.40 bits per heavy atom. The van der Waals surface area contributed by atoms with Gasteiger partial charge >= 0.3 is 0 Å². The minimum Gasteiger partial charge on any atom is -0.381 e. The van der Waals surface area contributed by atoms with Gasteiger partial charge in [-0.3, -0.25) is 5.10 Å². The number of aromatic nitrogens is 2. The highest BCUT2D eigenvalue weighted by Crippen LogP contribution is 2.18. The molecule has 1 aromatic heterocycles. The summed E-state index contributed by atoms with van der Waals surface area (Å²) in [5.41, 5.74) is 2.27. The molecule has 3 rings (SSSR count). The summed E-state index contributed by atoms with van der Waals surface area (Å²) in [5.74, 6) is 0. The summed E-state index contributed by atoms with van der Waals surface area (Å²) in [6, 6.07) is 6.86. The van der Waals surface area contributed by atoms with Crippen LogP contribution in [-0.2, 0) is 0 Å². The summed E-state index contributed by atoms with van der Waals surface area (Å²) in [5, 5.41) is 15.0. The molecule has 78 valence electrons. The lowest BCUT2D eigenvalue weighted by Crippen LogP contribution is -2.21. The molecule has 2 heterocycles. The van der Waals surface area contributed by atoms with Crippen molar-refractivity contribution in [3.8, 4) is 0 Å². The molecular formula is C11H14N4. The molecule has 2 aromatic rings. The first-order valence-electron chi connectivity index (χ1n) is 5.32. The van der Waals surface area contributed by atoms with Crippen LogP contribution in [0.3, 0.4) is 0 Å².